The van der Waals surface area contributed by atoms with Crippen molar-refractivity contribution in [3.05, 3.63) is 0 Å². The third kappa shape index (κ3) is 222. The number of halogens is 1. The zero-order chi connectivity index (χ0) is 4.50. The molecule has 0 rings (SSSR count). The molecule has 0 fully saturated rings. The van der Waals surface area contributed by atoms with Crippen molar-refractivity contribution in [2.24, 2.45) is 0 Å². The van der Waals surface area contributed by atoms with Gasteiger partial charge < -0.3 is 11.0 Å². The summed E-state index contributed by atoms with van der Waals surface area (Å²) in [5.41, 5.74) is 0. The van der Waals surface area contributed by atoms with Gasteiger partial charge in [-0.2, -0.15) is 0 Å². The van der Waals surface area contributed by atoms with Gasteiger partial charge in [-0.05, 0) is 0 Å². The maximum atomic E-state index is 8.73. The number of hydrogen-bond acceptors (Lipinski definition) is 4. The average molecular weight is 235 g/mol. The van der Waals surface area contributed by atoms with Gasteiger partial charge in [0.2, 0.25) is 0 Å². The number of rotatable bonds is 0. The van der Waals surface area contributed by atoms with E-state index in [9.17, 15) is 0 Å². The molecule has 0 amide bonds. The van der Waals surface area contributed by atoms with Crippen LogP contribution in [0.25, 0.3) is 0 Å². The molecular weight excluding hydrogens is 230 g/mol. The fourth-order valence-corrected chi connectivity index (χ4v) is 0. The molecule has 0 aliphatic heterocycles. The van der Waals surface area contributed by atoms with Crippen LogP contribution in [0.2, 0.25) is 0 Å². The van der Waals surface area contributed by atoms with Crippen LogP contribution in [0.3, 0.4) is 0 Å². The Hall–Kier alpha value is 1.09. The van der Waals surface area contributed by atoms with Crippen LogP contribution in [0.15, 0.2) is 0 Å². The second kappa shape index (κ2) is 8.09. The van der Waals surface area contributed by atoms with Crippen LogP contribution in [0.5, 0.6) is 0 Å². The molecule has 0 aliphatic carbocycles. The van der Waals surface area contributed by atoms with Gasteiger partial charge in [0.25, 0.3) is 0 Å². The maximum Gasteiger partial charge on any atom is 0.368 e. The van der Waals surface area contributed by atoms with Gasteiger partial charge in [-0.15, -0.1) is 0 Å². The van der Waals surface area contributed by atoms with Crippen molar-refractivity contribution in [1.82, 2.24) is 0 Å². The minimum atomic E-state index is -5.69. The first kappa shape index (κ1) is 23.0. The first-order chi connectivity index (χ1) is 2.00. The summed E-state index contributed by atoms with van der Waals surface area (Å²) in [4.78, 5) is 0. The molecule has 0 spiro atoms. The molecule has 1 radical (unpaired) electrons. The zero-order valence-electron chi connectivity index (χ0n) is 4.05. The quantitative estimate of drug-likeness (QED) is 0.327. The van der Waals surface area contributed by atoms with E-state index in [1.165, 1.54) is 0 Å². The molecule has 0 aliphatic rings. The maximum absolute atomic E-state index is 8.73. The Morgan fingerprint density at radius 3 is 1.00 bits per heavy atom. The van der Waals surface area contributed by atoms with Crippen LogP contribution in [0.1, 0.15) is 0 Å². The van der Waals surface area contributed by atoms with E-state index >= 15 is 0 Å². The molecule has 5 N–H and O–H groups in total. The molecule has 0 saturated heterocycles. The van der Waals surface area contributed by atoms with Crippen LogP contribution in [-0.4, -0.2) is 33.2 Å². The summed E-state index contributed by atoms with van der Waals surface area (Å²) < 4.78 is 33.2. The van der Waals surface area contributed by atoms with Crippen molar-refractivity contribution in [2.75, 3.05) is 0 Å². The first-order valence-corrected chi connectivity index (χ1v) is 4.24. The van der Waals surface area contributed by atoms with E-state index in [1.54, 1.807) is 0 Å². The molecule has 0 saturated carbocycles. The largest absolute Gasteiger partial charge is 0.412 e. The van der Waals surface area contributed by atoms with E-state index in [0.29, 0.717) is 0 Å². The smallest absolute Gasteiger partial charge is 0.368 e. The van der Waals surface area contributed by atoms with Crippen molar-refractivity contribution < 1.29 is 44.8 Å². The van der Waals surface area contributed by atoms with Crippen LogP contribution >= 0.6 is 0 Å². The van der Waals surface area contributed by atoms with E-state index < -0.39 is 20.1 Å². The molecule has 0 aromatic rings. The van der Waals surface area contributed by atoms with Crippen molar-refractivity contribution in [3.8, 4) is 0 Å². The summed E-state index contributed by atoms with van der Waals surface area (Å²) in [5, 5.41) is 0. The molecular formula is H5ILiO6. The fourth-order valence-electron chi connectivity index (χ4n) is 0. The molecule has 8 heavy (non-hydrogen) atoms. The Kier molecular flexibility index (Phi) is 23.2. The molecule has 0 heterocycles. The molecule has 0 unspecified atom stereocenters. The Labute approximate surface area is 63.7 Å². The SMILES string of the molecule is O.O.[Li].[O-][I+3]([O-])([O-])O. The first-order valence-electron chi connectivity index (χ1n) is 0.632. The molecule has 0 atom stereocenters. The monoisotopic (exact) mass is 235 g/mol. The molecule has 8 heteroatoms. The third-order valence-corrected chi connectivity index (χ3v) is 0. The molecule has 0 aromatic carbocycles. The van der Waals surface area contributed by atoms with Gasteiger partial charge >= 0.3 is 20.1 Å². The summed E-state index contributed by atoms with van der Waals surface area (Å²) in [6, 6.07) is 0. The molecule has 0 bridgehead atoms. The Morgan fingerprint density at radius 2 is 1.00 bits per heavy atom. The van der Waals surface area contributed by atoms with Crippen LogP contribution in [0.4, 0.5) is 0 Å². The van der Waals surface area contributed by atoms with E-state index in [2.05, 4.69) is 0 Å². The topological polar surface area (TPSA) is 152 Å². The van der Waals surface area contributed by atoms with E-state index in [1.807, 2.05) is 0 Å². The van der Waals surface area contributed by atoms with E-state index in [0.717, 1.165) is 0 Å². The van der Waals surface area contributed by atoms with Gasteiger partial charge in [-0.25, -0.2) is 0 Å². The van der Waals surface area contributed by atoms with E-state index in [-0.39, 0.29) is 29.8 Å². The van der Waals surface area contributed by atoms with Crippen LogP contribution in [-0.2, 0) is 0 Å². The number of hydrogen-bond donors (Lipinski definition) is 1. The van der Waals surface area contributed by atoms with Crippen molar-refractivity contribution in [3.63, 3.8) is 0 Å². The average Bonchev–Trinajstić information content (AvgIpc) is 0.722. The van der Waals surface area contributed by atoms with Gasteiger partial charge in [-0.1, -0.05) is 0 Å². The van der Waals surface area contributed by atoms with Gasteiger partial charge in [0.1, 0.15) is 0 Å². The normalized spacial score (nSPS) is 7.50. The molecule has 49 valence electrons. The zero-order valence-corrected chi connectivity index (χ0v) is 6.21. The molecule has 0 aromatic heterocycles. The second-order valence-corrected chi connectivity index (χ2v) is 2.66. The van der Waals surface area contributed by atoms with E-state index in [4.69, 9.17) is 13.7 Å². The minimum Gasteiger partial charge on any atom is -0.412 e. The summed E-state index contributed by atoms with van der Waals surface area (Å²) >= 11 is -5.69. The third-order valence-electron chi connectivity index (χ3n) is 0. The van der Waals surface area contributed by atoms with Crippen LogP contribution in [0, 0.1) is 0 Å². The minimum absolute atomic E-state index is 0. The Morgan fingerprint density at radius 1 is 1.00 bits per heavy atom. The summed E-state index contributed by atoms with van der Waals surface area (Å²) in [7, 11) is 0. The van der Waals surface area contributed by atoms with Crippen molar-refractivity contribution in [2.45, 2.75) is 0 Å². The predicted molar refractivity (Wildman–Crippen MR) is 15.2 cm³/mol. The summed E-state index contributed by atoms with van der Waals surface area (Å²) in [5.74, 6) is 0. The van der Waals surface area contributed by atoms with Gasteiger partial charge in [0.15, 0.2) is 0 Å². The standard InChI is InChI=1S/HIO4.Li.2H2O/c2-1(3,4)5;;;/h2H;;2*1H2. The Bertz CT molecular complexity index is 24.0. The van der Waals surface area contributed by atoms with Crippen LogP contribution < -0.4 is 30.4 Å². The van der Waals surface area contributed by atoms with Crippen molar-refractivity contribution >= 4 is 18.9 Å². The van der Waals surface area contributed by atoms with Gasteiger partial charge in [-0.3, -0.25) is 10.3 Å². The van der Waals surface area contributed by atoms with Gasteiger partial charge in [0, 0.05) is 22.3 Å². The van der Waals surface area contributed by atoms with Crippen molar-refractivity contribution in [1.29, 1.82) is 0 Å². The Balaban J connectivity index is -0.0000000267. The molecule has 6 nitrogen and oxygen atoms in total. The summed E-state index contributed by atoms with van der Waals surface area (Å²) in [6.07, 6.45) is 0. The fraction of sp³-hybridized carbons (Fsp3) is 0. The van der Waals surface area contributed by atoms with Gasteiger partial charge in [0.05, 0.1) is 0 Å². The summed E-state index contributed by atoms with van der Waals surface area (Å²) in [6.45, 7) is 0. The second-order valence-electron chi connectivity index (χ2n) is 0.396. The predicted octanol–water partition coefficient (Wildman–Crippen LogP) is -9.15.